The Labute approximate surface area is 121 Å². The van der Waals surface area contributed by atoms with Crippen LogP contribution in [-0.4, -0.2) is 21.6 Å². The molecule has 2 rings (SSSR count). The van der Waals surface area contributed by atoms with E-state index in [1.54, 1.807) is 24.3 Å². The van der Waals surface area contributed by atoms with Crippen LogP contribution in [0, 0.1) is 12.7 Å². The van der Waals surface area contributed by atoms with Gasteiger partial charge in [0.25, 0.3) is 0 Å². The fraction of sp³-hybridized carbons (Fsp3) is 0.231. The summed E-state index contributed by atoms with van der Waals surface area (Å²) in [6, 6.07) is 9.29. The summed E-state index contributed by atoms with van der Waals surface area (Å²) in [5.74, 6) is -0.358. The summed E-state index contributed by atoms with van der Waals surface area (Å²) >= 11 is 1.20. The number of thiophene rings is 1. The summed E-state index contributed by atoms with van der Waals surface area (Å²) in [6.45, 7) is 1.98. The molecule has 0 aliphatic carbocycles. The van der Waals surface area contributed by atoms with Gasteiger partial charge in [-0.1, -0.05) is 12.1 Å². The fourth-order valence-electron chi connectivity index (χ4n) is 1.53. The molecular formula is C13H14FNO3S2. The quantitative estimate of drug-likeness (QED) is 0.834. The largest absolute Gasteiger partial charge is 0.489 e. The third kappa shape index (κ3) is 3.78. The van der Waals surface area contributed by atoms with Crippen molar-refractivity contribution in [3.05, 3.63) is 47.1 Å². The SMILES string of the molecule is Cc1ccc(S(=O)(=O)NCCOc2ccccc2F)s1. The molecular weight excluding hydrogens is 301 g/mol. The highest BCUT2D eigenvalue weighted by molar-refractivity contribution is 7.91. The summed E-state index contributed by atoms with van der Waals surface area (Å²) < 4.78 is 44.9. The maximum Gasteiger partial charge on any atom is 0.250 e. The number of rotatable bonds is 6. The molecule has 108 valence electrons. The van der Waals surface area contributed by atoms with Crippen molar-refractivity contribution in [3.63, 3.8) is 0 Å². The molecule has 0 radical (unpaired) electrons. The van der Waals surface area contributed by atoms with Crippen molar-refractivity contribution < 1.29 is 17.5 Å². The van der Waals surface area contributed by atoms with Gasteiger partial charge in [0.05, 0.1) is 0 Å². The van der Waals surface area contributed by atoms with Gasteiger partial charge >= 0.3 is 0 Å². The predicted octanol–water partition coefficient (Wildman–Crippen LogP) is 2.55. The van der Waals surface area contributed by atoms with Gasteiger partial charge in [0.1, 0.15) is 10.8 Å². The predicted molar refractivity (Wildman–Crippen MR) is 76.1 cm³/mol. The van der Waals surface area contributed by atoms with Crippen molar-refractivity contribution >= 4 is 21.4 Å². The molecule has 7 heteroatoms. The van der Waals surface area contributed by atoms with E-state index in [1.165, 1.54) is 23.5 Å². The maximum atomic E-state index is 13.3. The highest BCUT2D eigenvalue weighted by Crippen LogP contribution is 2.20. The van der Waals surface area contributed by atoms with E-state index in [1.807, 2.05) is 6.92 Å². The van der Waals surface area contributed by atoms with Crippen LogP contribution in [0.25, 0.3) is 0 Å². The first-order chi connectivity index (χ1) is 9.49. The minimum atomic E-state index is -3.51. The highest BCUT2D eigenvalue weighted by Gasteiger charge is 2.15. The molecule has 1 N–H and O–H groups in total. The van der Waals surface area contributed by atoms with Crippen LogP contribution in [-0.2, 0) is 10.0 Å². The topological polar surface area (TPSA) is 55.4 Å². The Kier molecular flexibility index (Phi) is 4.74. The van der Waals surface area contributed by atoms with E-state index in [4.69, 9.17) is 4.74 Å². The second kappa shape index (κ2) is 6.34. The van der Waals surface area contributed by atoms with Gasteiger partial charge in [0, 0.05) is 11.4 Å². The van der Waals surface area contributed by atoms with Gasteiger partial charge in [0.15, 0.2) is 11.6 Å². The van der Waals surface area contributed by atoms with Crippen molar-refractivity contribution in [2.45, 2.75) is 11.1 Å². The number of halogens is 1. The van der Waals surface area contributed by atoms with Crippen LogP contribution >= 0.6 is 11.3 Å². The molecule has 1 heterocycles. The Hall–Kier alpha value is -1.44. The lowest BCUT2D eigenvalue weighted by atomic mass is 10.3. The molecule has 0 fully saturated rings. The van der Waals surface area contributed by atoms with Gasteiger partial charge in [-0.2, -0.15) is 0 Å². The van der Waals surface area contributed by atoms with Crippen molar-refractivity contribution in [2.24, 2.45) is 0 Å². The zero-order valence-corrected chi connectivity index (χ0v) is 12.4. The lowest BCUT2D eigenvalue weighted by Crippen LogP contribution is -2.27. The Morgan fingerprint density at radius 3 is 2.65 bits per heavy atom. The van der Waals surface area contributed by atoms with E-state index < -0.39 is 15.8 Å². The summed E-state index contributed by atoms with van der Waals surface area (Å²) in [7, 11) is -3.51. The summed E-state index contributed by atoms with van der Waals surface area (Å²) in [5, 5.41) is 0. The van der Waals surface area contributed by atoms with Crippen LogP contribution in [0.15, 0.2) is 40.6 Å². The number of para-hydroxylation sites is 1. The third-order valence-electron chi connectivity index (χ3n) is 2.47. The summed E-state index contributed by atoms with van der Waals surface area (Å²) in [4.78, 5) is 0.924. The third-order valence-corrected chi connectivity index (χ3v) is 5.42. The molecule has 0 aliphatic rings. The molecule has 0 bridgehead atoms. The van der Waals surface area contributed by atoms with Crippen LogP contribution in [0.1, 0.15) is 4.88 Å². The molecule has 0 unspecified atom stereocenters. The monoisotopic (exact) mass is 315 g/mol. The zero-order valence-electron chi connectivity index (χ0n) is 10.8. The van der Waals surface area contributed by atoms with Crippen molar-refractivity contribution in [1.29, 1.82) is 0 Å². The second-order valence-corrected chi connectivity index (χ2v) is 7.32. The number of hydrogen-bond donors (Lipinski definition) is 1. The van der Waals surface area contributed by atoms with Gasteiger partial charge in [-0.3, -0.25) is 0 Å². The van der Waals surface area contributed by atoms with Crippen LogP contribution in [0.5, 0.6) is 5.75 Å². The van der Waals surface area contributed by atoms with E-state index in [2.05, 4.69) is 4.72 Å². The number of hydrogen-bond acceptors (Lipinski definition) is 4. The van der Waals surface area contributed by atoms with Gasteiger partial charge in [-0.25, -0.2) is 17.5 Å². The Morgan fingerprint density at radius 1 is 1.25 bits per heavy atom. The Morgan fingerprint density at radius 2 is 2.00 bits per heavy atom. The minimum Gasteiger partial charge on any atom is -0.489 e. The smallest absolute Gasteiger partial charge is 0.250 e. The first-order valence-corrected chi connectivity index (χ1v) is 8.22. The molecule has 0 spiro atoms. The van der Waals surface area contributed by atoms with Crippen LogP contribution in [0.3, 0.4) is 0 Å². The van der Waals surface area contributed by atoms with Gasteiger partial charge in [-0.15, -0.1) is 11.3 Å². The van der Waals surface area contributed by atoms with E-state index in [-0.39, 0.29) is 23.1 Å². The van der Waals surface area contributed by atoms with E-state index in [9.17, 15) is 12.8 Å². The van der Waals surface area contributed by atoms with E-state index in [0.717, 1.165) is 4.88 Å². The molecule has 1 aromatic heterocycles. The summed E-state index contributed by atoms with van der Waals surface area (Å²) in [5.41, 5.74) is 0. The van der Waals surface area contributed by atoms with Crippen molar-refractivity contribution in [1.82, 2.24) is 4.72 Å². The molecule has 0 atom stereocenters. The second-order valence-electron chi connectivity index (χ2n) is 4.04. The lowest BCUT2D eigenvalue weighted by Gasteiger charge is -2.08. The van der Waals surface area contributed by atoms with Crippen molar-refractivity contribution in [3.8, 4) is 5.75 Å². The van der Waals surface area contributed by atoms with Gasteiger partial charge < -0.3 is 4.74 Å². The van der Waals surface area contributed by atoms with Gasteiger partial charge in [0.2, 0.25) is 10.0 Å². The van der Waals surface area contributed by atoms with Crippen molar-refractivity contribution in [2.75, 3.05) is 13.2 Å². The molecule has 0 saturated carbocycles. The molecule has 2 aromatic rings. The molecule has 20 heavy (non-hydrogen) atoms. The highest BCUT2D eigenvalue weighted by atomic mass is 32.2. The number of benzene rings is 1. The zero-order chi connectivity index (χ0) is 14.6. The molecule has 1 aromatic carbocycles. The average Bonchev–Trinajstić information content (AvgIpc) is 2.84. The Bertz CT molecular complexity index is 682. The van der Waals surface area contributed by atoms with E-state index in [0.29, 0.717) is 0 Å². The van der Waals surface area contributed by atoms with Gasteiger partial charge in [-0.05, 0) is 31.2 Å². The normalized spacial score (nSPS) is 11.5. The number of nitrogens with one attached hydrogen (secondary N) is 1. The number of aryl methyl sites for hydroxylation is 1. The fourth-order valence-corrected chi connectivity index (χ4v) is 3.87. The number of ether oxygens (including phenoxy) is 1. The maximum absolute atomic E-state index is 13.3. The first-order valence-electron chi connectivity index (χ1n) is 5.92. The van der Waals surface area contributed by atoms with Crippen LogP contribution in [0.2, 0.25) is 0 Å². The standard InChI is InChI=1S/C13H14FNO3S2/c1-10-6-7-13(19-10)20(16,17)15-8-9-18-12-5-3-2-4-11(12)14/h2-7,15H,8-9H2,1H3. The molecule has 0 amide bonds. The molecule has 4 nitrogen and oxygen atoms in total. The summed E-state index contributed by atoms with van der Waals surface area (Å²) in [6.07, 6.45) is 0. The molecule has 0 aliphatic heterocycles. The Balaban J connectivity index is 1.86. The lowest BCUT2D eigenvalue weighted by molar-refractivity contribution is 0.306. The number of sulfonamides is 1. The van der Waals surface area contributed by atoms with Crippen LogP contribution < -0.4 is 9.46 Å². The first kappa shape index (κ1) is 15.0. The minimum absolute atomic E-state index is 0.0600. The van der Waals surface area contributed by atoms with Crippen LogP contribution in [0.4, 0.5) is 4.39 Å². The van der Waals surface area contributed by atoms with E-state index >= 15 is 0 Å². The average molecular weight is 315 g/mol. The molecule has 0 saturated heterocycles.